The van der Waals surface area contributed by atoms with Crippen LogP contribution in [0.2, 0.25) is 6.04 Å². The van der Waals surface area contributed by atoms with Crippen molar-refractivity contribution in [2.45, 2.75) is 78.2 Å². The first-order valence-corrected chi connectivity index (χ1v) is 12.5. The Labute approximate surface area is 165 Å². The second-order valence-corrected chi connectivity index (χ2v) is 9.45. The van der Waals surface area contributed by atoms with Crippen molar-refractivity contribution in [3.63, 3.8) is 0 Å². The number of nitrogens with zero attached hydrogens (tertiary/aromatic N) is 1. The number of hydrogen-bond donors (Lipinski definition) is 0. The van der Waals surface area contributed by atoms with Gasteiger partial charge >= 0.3 is 8.80 Å². The fourth-order valence-electron chi connectivity index (χ4n) is 3.32. The lowest BCUT2D eigenvalue weighted by atomic mass is 10.1. The maximum Gasteiger partial charge on any atom is 0.500 e. The summed E-state index contributed by atoms with van der Waals surface area (Å²) in [4.78, 5) is 24.2. The number of hydrogen-bond acceptors (Lipinski definition) is 5. The maximum atomic E-state index is 11.4. The normalized spacial score (nSPS) is 14.6. The first-order valence-electron chi connectivity index (χ1n) is 10.5. The molecule has 27 heavy (non-hydrogen) atoms. The predicted octanol–water partition coefficient (Wildman–Crippen LogP) is 4.08. The van der Waals surface area contributed by atoms with E-state index in [0.29, 0.717) is 26.4 Å². The molecule has 0 atom stereocenters. The van der Waals surface area contributed by atoms with Gasteiger partial charge in [-0.15, -0.1) is 0 Å². The molecule has 0 saturated heterocycles. The molecule has 0 aromatic carbocycles. The first-order chi connectivity index (χ1) is 13.1. The summed E-state index contributed by atoms with van der Waals surface area (Å²) in [6.45, 7) is 8.43. The highest BCUT2D eigenvalue weighted by Gasteiger charge is 2.39. The Morgan fingerprint density at radius 2 is 1.11 bits per heavy atom. The number of carbonyl (C=O) groups is 2. The van der Waals surface area contributed by atoms with Crippen LogP contribution >= 0.6 is 0 Å². The smallest absolute Gasteiger partial charge is 0.374 e. The van der Waals surface area contributed by atoms with Gasteiger partial charge in [0.15, 0.2) is 0 Å². The van der Waals surface area contributed by atoms with Gasteiger partial charge in [-0.2, -0.15) is 0 Å². The van der Waals surface area contributed by atoms with Crippen molar-refractivity contribution in [3.05, 3.63) is 12.2 Å². The molecule has 1 aliphatic heterocycles. The third kappa shape index (κ3) is 9.14. The van der Waals surface area contributed by atoms with Gasteiger partial charge in [0, 0.05) is 44.6 Å². The van der Waals surface area contributed by atoms with Crippen LogP contribution in [0.1, 0.15) is 72.1 Å². The second-order valence-electron chi connectivity index (χ2n) is 6.72. The average Bonchev–Trinajstić information content (AvgIpc) is 2.95. The van der Waals surface area contributed by atoms with Crippen LogP contribution in [-0.4, -0.2) is 51.9 Å². The zero-order chi connectivity index (χ0) is 20.0. The van der Waals surface area contributed by atoms with E-state index in [4.69, 9.17) is 13.3 Å². The van der Waals surface area contributed by atoms with Gasteiger partial charge in [0.2, 0.25) is 0 Å². The maximum absolute atomic E-state index is 11.4. The largest absolute Gasteiger partial charge is 0.500 e. The summed E-state index contributed by atoms with van der Waals surface area (Å²) in [6.07, 6.45) is 11.7. The SMILES string of the molecule is CCO[Si](CCCCCCCCCCN1C(=O)C=CC1=O)(OCC)OCC. The molecule has 0 N–H and O–H groups in total. The molecule has 0 spiro atoms. The molecule has 1 aliphatic rings. The summed E-state index contributed by atoms with van der Waals surface area (Å²) in [7, 11) is -2.47. The lowest BCUT2D eigenvalue weighted by Crippen LogP contribution is -2.45. The van der Waals surface area contributed by atoms with Crippen molar-refractivity contribution < 1.29 is 22.9 Å². The fourth-order valence-corrected chi connectivity index (χ4v) is 6.01. The van der Waals surface area contributed by atoms with Gasteiger partial charge in [-0.1, -0.05) is 38.5 Å². The number of rotatable bonds is 17. The molecule has 0 bridgehead atoms. The molecule has 0 saturated carbocycles. The van der Waals surface area contributed by atoms with E-state index in [0.717, 1.165) is 31.7 Å². The third-order valence-corrected chi connectivity index (χ3v) is 7.76. The minimum Gasteiger partial charge on any atom is -0.374 e. The van der Waals surface area contributed by atoms with Crippen molar-refractivity contribution in [2.24, 2.45) is 0 Å². The summed E-state index contributed by atoms with van der Waals surface area (Å²) < 4.78 is 17.6. The van der Waals surface area contributed by atoms with Crippen LogP contribution in [-0.2, 0) is 22.9 Å². The monoisotopic (exact) mass is 399 g/mol. The molecule has 2 amide bonds. The van der Waals surface area contributed by atoms with Gasteiger partial charge in [0.05, 0.1) is 0 Å². The van der Waals surface area contributed by atoms with Crippen LogP contribution in [0.4, 0.5) is 0 Å². The van der Waals surface area contributed by atoms with E-state index in [1.54, 1.807) is 0 Å². The van der Waals surface area contributed by atoms with E-state index in [2.05, 4.69) is 0 Å². The number of unbranched alkanes of at least 4 members (excludes halogenated alkanes) is 7. The van der Waals surface area contributed by atoms with Crippen molar-refractivity contribution in [1.29, 1.82) is 0 Å². The van der Waals surface area contributed by atoms with E-state index in [9.17, 15) is 9.59 Å². The van der Waals surface area contributed by atoms with Gasteiger partial charge in [-0.05, 0) is 33.6 Å². The molecular formula is C20H37NO5Si. The quantitative estimate of drug-likeness (QED) is 0.209. The highest BCUT2D eigenvalue weighted by molar-refractivity contribution is 6.60. The van der Waals surface area contributed by atoms with Crippen LogP contribution in [0, 0.1) is 0 Å². The van der Waals surface area contributed by atoms with Crippen LogP contribution < -0.4 is 0 Å². The zero-order valence-electron chi connectivity index (χ0n) is 17.3. The summed E-state index contributed by atoms with van der Waals surface area (Å²) in [6, 6.07) is 0.897. The van der Waals surface area contributed by atoms with E-state index in [1.165, 1.54) is 42.7 Å². The highest BCUT2D eigenvalue weighted by Crippen LogP contribution is 2.21. The number of amides is 2. The Hall–Kier alpha value is -1.02. The van der Waals surface area contributed by atoms with Gasteiger partial charge in [-0.25, -0.2) is 0 Å². The lowest BCUT2D eigenvalue weighted by molar-refractivity contribution is -0.136. The molecule has 0 aromatic rings. The van der Waals surface area contributed by atoms with Crippen LogP contribution in [0.15, 0.2) is 12.2 Å². The molecular weight excluding hydrogens is 362 g/mol. The molecule has 1 rings (SSSR count). The van der Waals surface area contributed by atoms with Crippen LogP contribution in [0.5, 0.6) is 0 Å². The molecule has 7 heteroatoms. The fraction of sp³-hybridized carbons (Fsp3) is 0.800. The second kappa shape index (κ2) is 14.0. The molecule has 6 nitrogen and oxygen atoms in total. The Balaban J connectivity index is 2.04. The summed E-state index contributed by atoms with van der Waals surface area (Å²) >= 11 is 0. The molecule has 0 aromatic heterocycles. The van der Waals surface area contributed by atoms with Crippen molar-refractivity contribution in [1.82, 2.24) is 4.90 Å². The predicted molar refractivity (Wildman–Crippen MR) is 108 cm³/mol. The van der Waals surface area contributed by atoms with E-state index in [1.807, 2.05) is 20.8 Å². The average molecular weight is 400 g/mol. The van der Waals surface area contributed by atoms with Crippen LogP contribution in [0.25, 0.3) is 0 Å². The first kappa shape index (κ1) is 24.0. The zero-order valence-corrected chi connectivity index (χ0v) is 18.3. The summed E-state index contributed by atoms with van der Waals surface area (Å²) in [5.74, 6) is -0.350. The van der Waals surface area contributed by atoms with E-state index < -0.39 is 8.80 Å². The number of imide groups is 1. The molecule has 0 radical (unpaired) electrons. The summed E-state index contributed by atoms with van der Waals surface area (Å²) in [5, 5.41) is 0. The van der Waals surface area contributed by atoms with Gasteiger partial charge < -0.3 is 13.3 Å². The Morgan fingerprint density at radius 1 is 0.704 bits per heavy atom. The van der Waals surface area contributed by atoms with E-state index in [-0.39, 0.29) is 11.8 Å². The van der Waals surface area contributed by atoms with Crippen molar-refractivity contribution >= 4 is 20.6 Å². The van der Waals surface area contributed by atoms with Gasteiger partial charge in [0.1, 0.15) is 0 Å². The lowest BCUT2D eigenvalue weighted by Gasteiger charge is -2.28. The van der Waals surface area contributed by atoms with Crippen molar-refractivity contribution in [2.75, 3.05) is 26.4 Å². The minimum atomic E-state index is -2.47. The minimum absolute atomic E-state index is 0.175. The summed E-state index contributed by atoms with van der Waals surface area (Å²) in [5.41, 5.74) is 0. The highest BCUT2D eigenvalue weighted by atomic mass is 28.4. The topological polar surface area (TPSA) is 65.1 Å². The van der Waals surface area contributed by atoms with Gasteiger partial charge in [0.25, 0.3) is 11.8 Å². The standard InChI is InChI=1S/C20H37NO5Si/c1-4-24-27(25-5-2,26-6-3)18-14-12-10-8-7-9-11-13-17-21-19(22)15-16-20(21)23/h15-16H,4-14,17-18H2,1-3H3. The Bertz CT molecular complexity index is 434. The molecule has 0 aliphatic carbocycles. The van der Waals surface area contributed by atoms with Gasteiger partial charge in [-0.3, -0.25) is 14.5 Å². The number of carbonyl (C=O) groups excluding carboxylic acids is 2. The molecule has 1 heterocycles. The molecule has 0 fully saturated rings. The molecule has 0 unspecified atom stereocenters. The third-order valence-electron chi connectivity index (χ3n) is 4.61. The molecule has 156 valence electrons. The van der Waals surface area contributed by atoms with Crippen LogP contribution in [0.3, 0.4) is 0 Å². The Kier molecular flexibility index (Phi) is 12.5. The van der Waals surface area contributed by atoms with Crippen molar-refractivity contribution in [3.8, 4) is 0 Å². The Morgan fingerprint density at radius 3 is 1.56 bits per heavy atom. The van der Waals surface area contributed by atoms with E-state index >= 15 is 0 Å².